The van der Waals surface area contributed by atoms with Gasteiger partial charge >= 0.3 is 0 Å². The maximum atomic E-state index is 11.2. The van der Waals surface area contributed by atoms with E-state index in [1.165, 1.54) is 6.20 Å². The molecule has 1 saturated carbocycles. The summed E-state index contributed by atoms with van der Waals surface area (Å²) in [5.74, 6) is 0.0848. The predicted octanol–water partition coefficient (Wildman–Crippen LogP) is 0.332. The molecule has 7 nitrogen and oxygen atoms in total. The summed E-state index contributed by atoms with van der Waals surface area (Å²) in [4.78, 5) is 21.6. The number of aromatic nitrogens is 2. The molecule has 1 aliphatic carbocycles. The Balaban J connectivity index is 1.69. The molecule has 2 atom stereocenters. The second kappa shape index (κ2) is 5.81. The number of hydrogen-bond acceptors (Lipinski definition) is 6. The fourth-order valence-electron chi connectivity index (χ4n) is 3.60. The van der Waals surface area contributed by atoms with Crippen LogP contribution < -0.4 is 10.6 Å². The summed E-state index contributed by atoms with van der Waals surface area (Å²) in [6, 6.07) is 0. The van der Waals surface area contributed by atoms with Crippen LogP contribution in [0.5, 0.6) is 0 Å². The molecular weight excluding hydrogens is 284 g/mol. The Labute approximate surface area is 129 Å². The number of rotatable bonds is 4. The zero-order chi connectivity index (χ0) is 15.7. The third-order valence-corrected chi connectivity index (χ3v) is 5.00. The molecule has 0 radical (unpaired) electrons. The summed E-state index contributed by atoms with van der Waals surface area (Å²) in [7, 11) is 0. The maximum Gasteiger partial charge on any atom is 0.268 e. The van der Waals surface area contributed by atoms with Gasteiger partial charge in [-0.1, -0.05) is 0 Å². The van der Waals surface area contributed by atoms with E-state index in [2.05, 4.69) is 14.9 Å². The van der Waals surface area contributed by atoms with Gasteiger partial charge in [0, 0.05) is 31.5 Å². The Morgan fingerprint density at radius 2 is 2.23 bits per heavy atom. The van der Waals surface area contributed by atoms with Crippen molar-refractivity contribution in [1.29, 1.82) is 0 Å². The molecule has 2 heterocycles. The molecule has 0 unspecified atom stereocenters. The molecule has 1 aliphatic heterocycles. The third kappa shape index (κ3) is 2.44. The van der Waals surface area contributed by atoms with E-state index in [-0.39, 0.29) is 23.3 Å². The molecule has 2 aliphatic rings. The normalized spacial score (nSPS) is 26.7. The van der Waals surface area contributed by atoms with Crippen LogP contribution in [0.4, 0.5) is 5.82 Å². The number of ether oxygens (including phenoxy) is 1. The molecule has 1 aromatic rings. The van der Waals surface area contributed by atoms with Gasteiger partial charge in [0.2, 0.25) is 0 Å². The first kappa shape index (κ1) is 15.2. The monoisotopic (exact) mass is 306 g/mol. The van der Waals surface area contributed by atoms with E-state index in [0.717, 1.165) is 32.4 Å². The molecular formula is C15H22N4O3. The number of aliphatic hydroxyl groups excluding tert-OH is 1. The minimum Gasteiger partial charge on any atom is -0.392 e. The summed E-state index contributed by atoms with van der Waals surface area (Å²) in [6.07, 6.45) is 5.31. The average Bonchev–Trinajstić information content (AvgIpc) is 2.55. The van der Waals surface area contributed by atoms with Gasteiger partial charge in [0.1, 0.15) is 11.5 Å². The van der Waals surface area contributed by atoms with Gasteiger partial charge in [0.25, 0.3) is 5.91 Å². The van der Waals surface area contributed by atoms with Crippen LogP contribution in [0, 0.1) is 5.41 Å². The third-order valence-electron chi connectivity index (χ3n) is 5.00. The molecule has 1 spiro atoms. The maximum absolute atomic E-state index is 11.2. The highest BCUT2D eigenvalue weighted by Crippen LogP contribution is 2.51. The highest BCUT2D eigenvalue weighted by atomic mass is 16.5. The van der Waals surface area contributed by atoms with Gasteiger partial charge in [0.05, 0.1) is 24.6 Å². The van der Waals surface area contributed by atoms with Gasteiger partial charge in [0.15, 0.2) is 0 Å². The number of nitrogens with zero attached hydrogens (tertiary/aromatic N) is 3. The summed E-state index contributed by atoms with van der Waals surface area (Å²) < 4.78 is 5.77. The fourth-order valence-corrected chi connectivity index (χ4v) is 3.60. The van der Waals surface area contributed by atoms with Crippen LogP contribution in [0.3, 0.4) is 0 Å². The van der Waals surface area contributed by atoms with Gasteiger partial charge in [-0.2, -0.15) is 0 Å². The second-order valence-electron chi connectivity index (χ2n) is 6.04. The summed E-state index contributed by atoms with van der Waals surface area (Å²) in [5.41, 5.74) is 5.30. The zero-order valence-corrected chi connectivity index (χ0v) is 12.7. The Morgan fingerprint density at radius 3 is 2.82 bits per heavy atom. The molecule has 1 saturated heterocycles. The lowest BCUT2D eigenvalue weighted by Crippen LogP contribution is -2.62. The molecule has 3 N–H and O–H groups in total. The van der Waals surface area contributed by atoms with E-state index >= 15 is 0 Å². The van der Waals surface area contributed by atoms with E-state index < -0.39 is 5.91 Å². The Kier molecular flexibility index (Phi) is 4.01. The molecule has 22 heavy (non-hydrogen) atoms. The summed E-state index contributed by atoms with van der Waals surface area (Å²) in [6.45, 7) is 4.18. The Hall–Kier alpha value is -1.73. The smallest absolute Gasteiger partial charge is 0.268 e. The van der Waals surface area contributed by atoms with E-state index in [4.69, 9.17) is 10.5 Å². The van der Waals surface area contributed by atoms with Gasteiger partial charge in [-0.05, 0) is 19.8 Å². The number of nitrogens with two attached hydrogens (primary N) is 1. The molecule has 0 bridgehead atoms. The van der Waals surface area contributed by atoms with Crippen molar-refractivity contribution >= 4 is 11.7 Å². The molecule has 3 rings (SSSR count). The van der Waals surface area contributed by atoms with E-state index in [0.29, 0.717) is 12.4 Å². The number of hydrogen-bond donors (Lipinski definition) is 2. The highest BCUT2D eigenvalue weighted by molar-refractivity contribution is 5.90. The minimum atomic E-state index is -0.575. The van der Waals surface area contributed by atoms with E-state index in [1.54, 1.807) is 6.20 Å². The number of anilines is 1. The SMILES string of the molecule is CCO[C@@H]1C[C@H](O)C12CCN(c1cncc(C(N)=O)n1)CC2. The van der Waals surface area contributed by atoms with Crippen LogP contribution in [0.1, 0.15) is 36.7 Å². The van der Waals surface area contributed by atoms with Crippen LogP contribution in [0.25, 0.3) is 0 Å². The molecule has 1 amide bonds. The lowest BCUT2D eigenvalue weighted by atomic mass is 9.58. The quantitative estimate of drug-likeness (QED) is 0.831. The van der Waals surface area contributed by atoms with E-state index in [9.17, 15) is 9.90 Å². The van der Waals surface area contributed by atoms with Gasteiger partial charge < -0.3 is 20.5 Å². The van der Waals surface area contributed by atoms with Crippen LogP contribution >= 0.6 is 0 Å². The lowest BCUT2D eigenvalue weighted by Gasteiger charge is -2.56. The minimum absolute atomic E-state index is 0.124. The molecule has 7 heteroatoms. The number of carbonyl (C=O) groups excluding carboxylic acids is 1. The topological polar surface area (TPSA) is 102 Å². The number of primary amides is 1. The number of amides is 1. The van der Waals surface area contributed by atoms with Gasteiger partial charge in [-0.25, -0.2) is 4.98 Å². The second-order valence-corrected chi connectivity index (χ2v) is 6.04. The predicted molar refractivity (Wildman–Crippen MR) is 80.5 cm³/mol. The van der Waals surface area contributed by atoms with Crippen molar-refractivity contribution in [2.24, 2.45) is 11.1 Å². The van der Waals surface area contributed by atoms with Crippen LogP contribution in [0.2, 0.25) is 0 Å². The number of piperidine rings is 1. The zero-order valence-electron chi connectivity index (χ0n) is 12.7. The van der Waals surface area contributed by atoms with Crippen molar-refractivity contribution in [2.75, 3.05) is 24.6 Å². The first-order valence-electron chi connectivity index (χ1n) is 7.73. The summed E-state index contributed by atoms with van der Waals surface area (Å²) in [5, 5.41) is 10.2. The molecule has 120 valence electrons. The number of carbonyl (C=O) groups is 1. The fraction of sp³-hybridized carbons (Fsp3) is 0.667. The van der Waals surface area contributed by atoms with Crippen molar-refractivity contribution in [3.63, 3.8) is 0 Å². The first-order valence-corrected chi connectivity index (χ1v) is 7.73. The van der Waals surface area contributed by atoms with Crippen molar-refractivity contribution in [2.45, 2.75) is 38.4 Å². The Morgan fingerprint density at radius 1 is 1.50 bits per heavy atom. The standard InChI is InChI=1S/C15H22N4O3/c1-2-22-12-7-11(20)15(12)3-5-19(6-4-15)13-9-17-8-10(18-13)14(16)21/h8-9,11-12,20H,2-7H2,1H3,(H2,16,21)/t11-,12+/m0/s1. The molecule has 2 fully saturated rings. The molecule has 1 aromatic heterocycles. The van der Waals surface area contributed by atoms with Crippen molar-refractivity contribution in [3.8, 4) is 0 Å². The van der Waals surface area contributed by atoms with E-state index in [1.807, 2.05) is 6.92 Å². The largest absolute Gasteiger partial charge is 0.392 e. The van der Waals surface area contributed by atoms with Gasteiger partial charge in [-0.15, -0.1) is 0 Å². The first-order chi connectivity index (χ1) is 10.6. The average molecular weight is 306 g/mol. The Bertz CT molecular complexity index is 555. The highest BCUT2D eigenvalue weighted by Gasteiger charge is 2.56. The van der Waals surface area contributed by atoms with Crippen molar-refractivity contribution in [3.05, 3.63) is 18.1 Å². The van der Waals surface area contributed by atoms with Crippen molar-refractivity contribution < 1.29 is 14.6 Å². The van der Waals surface area contributed by atoms with Gasteiger partial charge in [-0.3, -0.25) is 9.78 Å². The van der Waals surface area contributed by atoms with Crippen molar-refractivity contribution in [1.82, 2.24) is 9.97 Å². The number of aliphatic hydroxyl groups is 1. The summed E-state index contributed by atoms with van der Waals surface area (Å²) >= 11 is 0. The van der Waals surface area contributed by atoms with Crippen LogP contribution in [-0.2, 0) is 4.74 Å². The lowest BCUT2D eigenvalue weighted by molar-refractivity contribution is -0.199. The van der Waals surface area contributed by atoms with Crippen LogP contribution in [-0.4, -0.2) is 52.9 Å². The van der Waals surface area contributed by atoms with Crippen LogP contribution in [0.15, 0.2) is 12.4 Å². The molecule has 0 aromatic carbocycles.